The Labute approximate surface area is 215 Å². The monoisotopic (exact) mass is 501 g/mol. The number of ether oxygens (including phenoxy) is 3. The number of fused-ring (bicyclic) bond motifs is 3. The largest absolute Gasteiger partial charge is 0.458 e. The Balaban J connectivity index is 1.42. The van der Waals surface area contributed by atoms with Crippen molar-refractivity contribution in [2.45, 2.75) is 45.8 Å². The Morgan fingerprint density at radius 1 is 1.05 bits per heavy atom. The van der Waals surface area contributed by atoms with E-state index in [1.165, 1.54) is 19.3 Å². The number of pyridine rings is 1. The van der Waals surface area contributed by atoms with E-state index in [0.29, 0.717) is 17.1 Å². The summed E-state index contributed by atoms with van der Waals surface area (Å²) >= 11 is 0. The minimum atomic E-state index is -0.469. The molecule has 0 unspecified atom stereocenters. The van der Waals surface area contributed by atoms with E-state index in [-0.39, 0.29) is 18.4 Å². The highest BCUT2D eigenvalue weighted by Gasteiger charge is 2.21. The summed E-state index contributed by atoms with van der Waals surface area (Å²) in [6, 6.07) is 13.3. The van der Waals surface area contributed by atoms with Gasteiger partial charge in [0.15, 0.2) is 5.69 Å². The molecule has 1 N–H and O–H groups in total. The quantitative estimate of drug-likeness (QED) is 0.213. The van der Waals surface area contributed by atoms with Crippen molar-refractivity contribution in [3.63, 3.8) is 0 Å². The Kier molecular flexibility index (Phi) is 7.32. The molecular formula is C28H31N5O4. The van der Waals surface area contributed by atoms with Gasteiger partial charge >= 0.3 is 5.97 Å². The van der Waals surface area contributed by atoms with E-state index in [4.69, 9.17) is 14.2 Å². The molecule has 1 aliphatic rings. The third-order valence-electron chi connectivity index (χ3n) is 6.23. The van der Waals surface area contributed by atoms with Crippen molar-refractivity contribution in [1.29, 1.82) is 0 Å². The van der Waals surface area contributed by atoms with E-state index in [2.05, 4.69) is 20.3 Å². The van der Waals surface area contributed by atoms with Gasteiger partial charge in [0.25, 0.3) is 0 Å². The Morgan fingerprint density at radius 2 is 1.81 bits per heavy atom. The number of carbonyl (C=O) groups is 1. The minimum absolute atomic E-state index is 0.221. The highest BCUT2D eigenvalue weighted by molar-refractivity contribution is 6.11. The van der Waals surface area contributed by atoms with Crippen molar-refractivity contribution in [3.05, 3.63) is 59.9 Å². The average molecular weight is 502 g/mol. The predicted molar refractivity (Wildman–Crippen MR) is 141 cm³/mol. The first-order chi connectivity index (χ1) is 18.0. The van der Waals surface area contributed by atoms with Crippen LogP contribution in [0.1, 0.15) is 49.2 Å². The number of carbonyl (C=O) groups excluding carboxylic acids is 1. The van der Waals surface area contributed by atoms with Crippen molar-refractivity contribution in [2.24, 2.45) is 10.3 Å². The molecule has 3 heterocycles. The summed E-state index contributed by atoms with van der Waals surface area (Å²) < 4.78 is 17.0. The Hall–Kier alpha value is -3.98. The van der Waals surface area contributed by atoms with Crippen molar-refractivity contribution in [3.8, 4) is 11.5 Å². The van der Waals surface area contributed by atoms with Crippen LogP contribution in [0.15, 0.2) is 59.0 Å². The molecule has 1 aliphatic heterocycles. The van der Waals surface area contributed by atoms with Crippen LogP contribution >= 0.6 is 0 Å². The normalized spacial score (nSPS) is 14.2. The van der Waals surface area contributed by atoms with Crippen molar-refractivity contribution in [2.75, 3.05) is 20.2 Å². The number of rotatable bonds is 8. The van der Waals surface area contributed by atoms with Crippen LogP contribution in [0.4, 0.5) is 5.69 Å². The van der Waals surface area contributed by atoms with Crippen molar-refractivity contribution in [1.82, 2.24) is 15.0 Å². The first kappa shape index (κ1) is 24.7. The van der Waals surface area contributed by atoms with Crippen LogP contribution in [-0.4, -0.2) is 47.2 Å². The van der Waals surface area contributed by atoms with Gasteiger partial charge in [0.05, 0.1) is 30.1 Å². The molecule has 9 heteroatoms. The number of hydrogen-bond donors (Lipinski definition) is 1. The standard InChI is InChI=1S/C28H31N5O4/c1-18(2)36-28(34)27-23(17-35-3)26-22-15-21(11-12-24(22)30-25(26)16-29-27)37-20-9-7-19(8-10-20)31-32-33-13-5-4-6-14-33/h7-12,15-16,18,30H,4-6,13-14,17H2,1-3H3/b32-31+. The maximum absolute atomic E-state index is 12.7. The first-order valence-corrected chi connectivity index (χ1v) is 12.6. The summed E-state index contributed by atoms with van der Waals surface area (Å²) in [4.78, 5) is 20.5. The zero-order chi connectivity index (χ0) is 25.8. The number of esters is 1. The molecule has 0 spiro atoms. The van der Waals surface area contributed by atoms with Crippen LogP contribution in [-0.2, 0) is 16.1 Å². The summed E-state index contributed by atoms with van der Waals surface area (Å²) in [6.45, 7) is 5.77. The van der Waals surface area contributed by atoms with Crippen LogP contribution in [0.2, 0.25) is 0 Å². The van der Waals surface area contributed by atoms with Gasteiger partial charge in [-0.15, -0.1) is 5.11 Å². The number of piperidine rings is 1. The SMILES string of the molecule is COCc1c(C(=O)OC(C)C)ncc2[nH]c3ccc(Oc4ccc(/N=N/N5CCCCC5)cc4)cc3c12. The molecule has 0 amide bonds. The van der Waals surface area contributed by atoms with Gasteiger partial charge in [-0.1, -0.05) is 5.22 Å². The van der Waals surface area contributed by atoms with E-state index < -0.39 is 5.97 Å². The predicted octanol–water partition coefficient (Wildman–Crippen LogP) is 6.70. The van der Waals surface area contributed by atoms with Crippen LogP contribution in [0, 0.1) is 0 Å². The second-order valence-corrected chi connectivity index (χ2v) is 9.39. The third-order valence-corrected chi connectivity index (χ3v) is 6.23. The number of methoxy groups -OCH3 is 1. The average Bonchev–Trinajstić information content (AvgIpc) is 3.27. The van der Waals surface area contributed by atoms with Gasteiger partial charge in [0, 0.05) is 42.1 Å². The van der Waals surface area contributed by atoms with Crippen LogP contribution < -0.4 is 4.74 Å². The smallest absolute Gasteiger partial charge is 0.357 e. The van der Waals surface area contributed by atoms with Crippen LogP contribution in [0.3, 0.4) is 0 Å². The summed E-state index contributed by atoms with van der Waals surface area (Å²) in [5.41, 5.74) is 3.43. The van der Waals surface area contributed by atoms with E-state index >= 15 is 0 Å². The molecule has 1 fully saturated rings. The molecule has 0 bridgehead atoms. The molecule has 0 atom stereocenters. The maximum atomic E-state index is 12.7. The van der Waals surface area contributed by atoms with E-state index in [0.717, 1.165) is 40.6 Å². The zero-order valence-electron chi connectivity index (χ0n) is 21.4. The van der Waals surface area contributed by atoms with E-state index in [9.17, 15) is 4.79 Å². The highest BCUT2D eigenvalue weighted by atomic mass is 16.5. The number of aromatic nitrogens is 2. The van der Waals surface area contributed by atoms with Gasteiger partial charge in [0.1, 0.15) is 11.5 Å². The number of nitrogens with one attached hydrogen (secondary N) is 1. The summed E-state index contributed by atoms with van der Waals surface area (Å²) in [7, 11) is 1.59. The van der Waals surface area contributed by atoms with Crippen LogP contribution in [0.25, 0.3) is 21.8 Å². The fraction of sp³-hybridized carbons (Fsp3) is 0.357. The lowest BCUT2D eigenvalue weighted by atomic mass is 10.1. The number of nitrogens with zero attached hydrogens (tertiary/aromatic N) is 4. The van der Waals surface area contributed by atoms with Crippen LogP contribution in [0.5, 0.6) is 11.5 Å². The summed E-state index contributed by atoms with van der Waals surface area (Å²) in [5.74, 6) is 0.891. The molecule has 5 rings (SSSR count). The number of benzene rings is 2. The highest BCUT2D eigenvalue weighted by Crippen LogP contribution is 2.34. The third kappa shape index (κ3) is 5.56. The number of aromatic amines is 1. The van der Waals surface area contributed by atoms with Gasteiger partial charge in [-0.25, -0.2) is 9.78 Å². The van der Waals surface area contributed by atoms with Gasteiger partial charge in [-0.3, -0.25) is 5.01 Å². The number of H-pyrrole nitrogens is 1. The molecular weight excluding hydrogens is 470 g/mol. The maximum Gasteiger partial charge on any atom is 0.357 e. The lowest BCUT2D eigenvalue weighted by molar-refractivity contribution is 0.0366. The fourth-order valence-corrected chi connectivity index (χ4v) is 4.53. The molecule has 2 aromatic carbocycles. The molecule has 0 aliphatic carbocycles. The Bertz CT molecular complexity index is 1420. The summed E-state index contributed by atoms with van der Waals surface area (Å²) in [5, 5.41) is 12.5. The fourth-order valence-electron chi connectivity index (χ4n) is 4.53. The molecule has 192 valence electrons. The molecule has 2 aromatic heterocycles. The topological polar surface area (TPSA) is 101 Å². The Morgan fingerprint density at radius 3 is 2.54 bits per heavy atom. The zero-order valence-corrected chi connectivity index (χ0v) is 21.4. The van der Waals surface area contributed by atoms with Gasteiger partial charge < -0.3 is 19.2 Å². The second-order valence-electron chi connectivity index (χ2n) is 9.39. The second kappa shape index (κ2) is 11.0. The first-order valence-electron chi connectivity index (χ1n) is 12.6. The van der Waals surface area contributed by atoms with Gasteiger partial charge in [0.2, 0.25) is 0 Å². The van der Waals surface area contributed by atoms with Crippen molar-refractivity contribution < 1.29 is 19.0 Å². The molecule has 4 aromatic rings. The van der Waals surface area contributed by atoms with Gasteiger partial charge in [-0.05, 0) is 75.6 Å². The molecule has 0 radical (unpaired) electrons. The van der Waals surface area contributed by atoms with Gasteiger partial charge in [-0.2, -0.15) is 0 Å². The lowest BCUT2D eigenvalue weighted by Crippen LogP contribution is -2.23. The number of hydrogen-bond acceptors (Lipinski definition) is 7. The molecule has 37 heavy (non-hydrogen) atoms. The molecule has 9 nitrogen and oxygen atoms in total. The van der Waals surface area contributed by atoms with Crippen molar-refractivity contribution >= 4 is 33.5 Å². The van der Waals surface area contributed by atoms with E-state index in [1.54, 1.807) is 13.3 Å². The minimum Gasteiger partial charge on any atom is -0.458 e. The summed E-state index contributed by atoms with van der Waals surface area (Å²) in [6.07, 6.45) is 5.00. The lowest BCUT2D eigenvalue weighted by Gasteiger charge is -2.21. The van der Waals surface area contributed by atoms with E-state index in [1.807, 2.05) is 61.3 Å². The molecule has 1 saturated heterocycles. The molecule has 0 saturated carbocycles.